The molecule has 2 fully saturated rings. The molecule has 2 heterocycles. The van der Waals surface area contributed by atoms with Crippen LogP contribution in [0.1, 0.15) is 24.8 Å². The van der Waals surface area contributed by atoms with Gasteiger partial charge in [0, 0.05) is 25.7 Å². The van der Waals surface area contributed by atoms with E-state index in [1.54, 1.807) is 0 Å². The summed E-state index contributed by atoms with van der Waals surface area (Å²) in [7, 11) is 0. The van der Waals surface area contributed by atoms with Crippen LogP contribution in [0.4, 0.5) is 4.79 Å². The van der Waals surface area contributed by atoms with Crippen molar-refractivity contribution in [3.8, 4) is 0 Å². The summed E-state index contributed by atoms with van der Waals surface area (Å²) in [5.41, 5.74) is 1.34. The van der Waals surface area contributed by atoms with Crippen LogP contribution < -0.4 is 5.32 Å². The van der Waals surface area contributed by atoms with E-state index in [1.165, 1.54) is 24.8 Å². The number of carbonyl (C=O) groups excluding carboxylic acids is 1. The first-order chi connectivity index (χ1) is 11.8. The molecule has 0 bridgehead atoms. The third kappa shape index (κ3) is 4.95. The average molecular weight is 331 g/mol. The highest BCUT2D eigenvalue weighted by Gasteiger charge is 2.23. The van der Waals surface area contributed by atoms with Gasteiger partial charge in [0.15, 0.2) is 0 Å². The van der Waals surface area contributed by atoms with Gasteiger partial charge in [0.2, 0.25) is 0 Å². The Kier molecular flexibility index (Phi) is 6.49. The molecule has 0 aliphatic carbocycles. The lowest BCUT2D eigenvalue weighted by atomic mass is 10.0. The van der Waals surface area contributed by atoms with Gasteiger partial charge >= 0.3 is 6.03 Å². The molecule has 2 aliphatic heterocycles. The molecule has 2 saturated heterocycles. The van der Waals surface area contributed by atoms with E-state index < -0.39 is 0 Å². The molecule has 1 N–H and O–H groups in total. The molecule has 2 amide bonds. The number of rotatable bonds is 5. The summed E-state index contributed by atoms with van der Waals surface area (Å²) in [5, 5.41) is 3.16. The molecule has 2 aliphatic rings. The van der Waals surface area contributed by atoms with Gasteiger partial charge < -0.3 is 15.0 Å². The minimum Gasteiger partial charge on any atom is -0.378 e. The Morgan fingerprint density at radius 3 is 2.46 bits per heavy atom. The van der Waals surface area contributed by atoms with Gasteiger partial charge in [-0.3, -0.25) is 4.90 Å². The minimum absolute atomic E-state index is 0.0494. The number of urea groups is 1. The maximum absolute atomic E-state index is 12.4. The van der Waals surface area contributed by atoms with Gasteiger partial charge in [-0.25, -0.2) is 4.79 Å². The average Bonchev–Trinajstić information content (AvgIpc) is 2.67. The standard InChI is InChI=1S/C19H29N3O2/c23-19(22-11-13-24-14-12-22)20-16-18(21-9-5-2-6-10-21)15-17-7-3-1-4-8-17/h1,3-4,7-8,18H,2,5-6,9-16H2,(H,20,23). The van der Waals surface area contributed by atoms with Gasteiger partial charge in [-0.2, -0.15) is 0 Å². The number of amides is 2. The van der Waals surface area contributed by atoms with Crippen LogP contribution in [0.2, 0.25) is 0 Å². The zero-order valence-corrected chi connectivity index (χ0v) is 14.5. The summed E-state index contributed by atoms with van der Waals surface area (Å²) in [4.78, 5) is 16.8. The summed E-state index contributed by atoms with van der Waals surface area (Å²) in [6, 6.07) is 11.0. The lowest BCUT2D eigenvalue weighted by Gasteiger charge is -2.35. The summed E-state index contributed by atoms with van der Waals surface area (Å²) in [6.07, 6.45) is 4.85. The number of hydrogen-bond donors (Lipinski definition) is 1. The predicted molar refractivity (Wildman–Crippen MR) is 95.1 cm³/mol. The van der Waals surface area contributed by atoms with Crippen molar-refractivity contribution in [1.82, 2.24) is 15.1 Å². The molecule has 1 unspecified atom stereocenters. The monoisotopic (exact) mass is 331 g/mol. The first-order valence-electron chi connectivity index (χ1n) is 9.21. The number of likely N-dealkylation sites (tertiary alicyclic amines) is 1. The molecule has 132 valence electrons. The topological polar surface area (TPSA) is 44.8 Å². The second kappa shape index (κ2) is 9.04. The summed E-state index contributed by atoms with van der Waals surface area (Å²) in [5.74, 6) is 0. The summed E-state index contributed by atoms with van der Waals surface area (Å²) < 4.78 is 5.32. The molecule has 24 heavy (non-hydrogen) atoms. The number of carbonyl (C=O) groups is 1. The highest BCUT2D eigenvalue weighted by Crippen LogP contribution is 2.15. The van der Waals surface area contributed by atoms with Crippen molar-refractivity contribution in [2.24, 2.45) is 0 Å². The van der Waals surface area contributed by atoms with E-state index in [2.05, 4.69) is 40.5 Å². The van der Waals surface area contributed by atoms with Crippen molar-refractivity contribution in [2.75, 3.05) is 45.9 Å². The van der Waals surface area contributed by atoms with E-state index >= 15 is 0 Å². The van der Waals surface area contributed by atoms with Crippen LogP contribution in [0.15, 0.2) is 30.3 Å². The van der Waals surface area contributed by atoms with Crippen molar-refractivity contribution in [1.29, 1.82) is 0 Å². The zero-order chi connectivity index (χ0) is 16.6. The Morgan fingerprint density at radius 1 is 1.04 bits per heavy atom. The molecule has 5 heteroatoms. The van der Waals surface area contributed by atoms with Crippen molar-refractivity contribution in [3.63, 3.8) is 0 Å². The lowest BCUT2D eigenvalue weighted by Crippen LogP contribution is -2.51. The maximum atomic E-state index is 12.4. The number of benzene rings is 1. The van der Waals surface area contributed by atoms with Gasteiger partial charge in [-0.1, -0.05) is 36.8 Å². The number of ether oxygens (including phenoxy) is 1. The summed E-state index contributed by atoms with van der Waals surface area (Å²) in [6.45, 7) is 5.68. The number of nitrogens with zero attached hydrogens (tertiary/aromatic N) is 2. The second-order valence-corrected chi connectivity index (χ2v) is 6.73. The van der Waals surface area contributed by atoms with Crippen LogP contribution in [-0.2, 0) is 11.2 Å². The minimum atomic E-state index is 0.0494. The fourth-order valence-corrected chi connectivity index (χ4v) is 3.58. The van der Waals surface area contributed by atoms with Crippen LogP contribution in [0.25, 0.3) is 0 Å². The Morgan fingerprint density at radius 2 is 1.75 bits per heavy atom. The fraction of sp³-hybridized carbons (Fsp3) is 0.632. The van der Waals surface area contributed by atoms with E-state index in [4.69, 9.17) is 4.74 Å². The predicted octanol–water partition coefficient (Wildman–Crippen LogP) is 2.13. The van der Waals surface area contributed by atoms with E-state index in [1.807, 2.05) is 4.90 Å². The maximum Gasteiger partial charge on any atom is 0.317 e. The molecule has 3 rings (SSSR count). The van der Waals surface area contributed by atoms with Crippen molar-refractivity contribution in [2.45, 2.75) is 31.7 Å². The van der Waals surface area contributed by atoms with Crippen molar-refractivity contribution in [3.05, 3.63) is 35.9 Å². The summed E-state index contributed by atoms with van der Waals surface area (Å²) >= 11 is 0. The van der Waals surface area contributed by atoms with Crippen LogP contribution in [0.3, 0.4) is 0 Å². The van der Waals surface area contributed by atoms with Gasteiger partial charge in [0.1, 0.15) is 0 Å². The van der Waals surface area contributed by atoms with Gasteiger partial charge in [0.05, 0.1) is 13.2 Å². The van der Waals surface area contributed by atoms with Gasteiger partial charge in [-0.05, 0) is 37.9 Å². The second-order valence-electron chi connectivity index (χ2n) is 6.73. The molecule has 1 atom stereocenters. The van der Waals surface area contributed by atoms with Crippen molar-refractivity contribution >= 4 is 6.03 Å². The number of hydrogen-bond acceptors (Lipinski definition) is 3. The van der Waals surface area contributed by atoms with E-state index in [9.17, 15) is 4.79 Å². The van der Waals surface area contributed by atoms with E-state index in [0.717, 1.165) is 19.5 Å². The molecule has 0 saturated carbocycles. The molecular weight excluding hydrogens is 302 g/mol. The number of morpholine rings is 1. The van der Waals surface area contributed by atoms with Gasteiger partial charge in [-0.15, -0.1) is 0 Å². The Bertz CT molecular complexity index is 497. The molecule has 0 radical (unpaired) electrons. The Hall–Kier alpha value is -1.59. The Labute approximate surface area is 145 Å². The molecule has 0 spiro atoms. The Balaban J connectivity index is 1.57. The third-order valence-electron chi connectivity index (χ3n) is 5.01. The SMILES string of the molecule is O=C(NCC(Cc1ccccc1)N1CCCCC1)N1CCOCC1. The lowest BCUT2D eigenvalue weighted by molar-refractivity contribution is 0.0524. The zero-order valence-electron chi connectivity index (χ0n) is 14.5. The fourth-order valence-electron chi connectivity index (χ4n) is 3.58. The van der Waals surface area contributed by atoms with E-state index in [0.29, 0.717) is 38.9 Å². The molecular formula is C19H29N3O2. The highest BCUT2D eigenvalue weighted by molar-refractivity contribution is 5.74. The highest BCUT2D eigenvalue weighted by atomic mass is 16.5. The van der Waals surface area contributed by atoms with Crippen molar-refractivity contribution < 1.29 is 9.53 Å². The molecule has 1 aromatic rings. The molecule has 1 aromatic carbocycles. The molecule has 5 nitrogen and oxygen atoms in total. The first-order valence-corrected chi connectivity index (χ1v) is 9.21. The van der Waals surface area contributed by atoms with Crippen LogP contribution in [0, 0.1) is 0 Å². The quantitative estimate of drug-likeness (QED) is 0.899. The van der Waals surface area contributed by atoms with Crippen LogP contribution >= 0.6 is 0 Å². The number of piperidine rings is 1. The van der Waals surface area contributed by atoms with Crippen LogP contribution in [0.5, 0.6) is 0 Å². The van der Waals surface area contributed by atoms with Gasteiger partial charge in [0.25, 0.3) is 0 Å². The first kappa shape index (κ1) is 17.2. The third-order valence-corrected chi connectivity index (χ3v) is 5.01. The smallest absolute Gasteiger partial charge is 0.317 e. The normalized spacial score (nSPS) is 20.6. The number of nitrogens with one attached hydrogen (secondary N) is 1. The van der Waals surface area contributed by atoms with Crippen LogP contribution in [-0.4, -0.2) is 67.8 Å². The van der Waals surface area contributed by atoms with E-state index in [-0.39, 0.29) is 6.03 Å². The molecule has 0 aromatic heterocycles. The largest absolute Gasteiger partial charge is 0.378 e.